The Bertz CT molecular complexity index is 662. The Hall–Kier alpha value is -1.49. The Kier molecular flexibility index (Phi) is 4.61. The van der Waals surface area contributed by atoms with Crippen LogP contribution >= 0.6 is 11.8 Å². The fourth-order valence-electron chi connectivity index (χ4n) is 2.40. The molecule has 0 bridgehead atoms. The molecule has 0 aliphatic heterocycles. The Morgan fingerprint density at radius 3 is 2.71 bits per heavy atom. The van der Waals surface area contributed by atoms with Crippen molar-refractivity contribution in [3.05, 3.63) is 29.6 Å². The normalized spacial score (nSPS) is 12.0. The van der Waals surface area contributed by atoms with Gasteiger partial charge >= 0.3 is 5.97 Å². The Morgan fingerprint density at radius 2 is 2.14 bits per heavy atom. The second kappa shape index (κ2) is 6.10. The van der Waals surface area contributed by atoms with Crippen LogP contribution in [0, 0.1) is 0 Å². The maximum Gasteiger partial charge on any atom is 0.337 e. The number of nitrogens with zero attached hydrogens (tertiary/aromatic N) is 2. The number of imidazole rings is 1. The highest BCUT2D eigenvalue weighted by atomic mass is 32.2. The Balaban J connectivity index is 2.63. The van der Waals surface area contributed by atoms with E-state index in [0.29, 0.717) is 5.52 Å². The summed E-state index contributed by atoms with van der Waals surface area (Å²) in [6.45, 7) is 7.32. The lowest BCUT2D eigenvalue weighted by Gasteiger charge is -2.24. The van der Waals surface area contributed by atoms with E-state index >= 15 is 0 Å². The topological polar surface area (TPSA) is 55.1 Å². The van der Waals surface area contributed by atoms with Crippen LogP contribution in [-0.4, -0.2) is 31.6 Å². The van der Waals surface area contributed by atoms with Crippen LogP contribution in [0.25, 0.3) is 11.0 Å². The highest BCUT2D eigenvalue weighted by Crippen LogP contribution is 2.28. The van der Waals surface area contributed by atoms with E-state index in [1.165, 1.54) is 0 Å². The first kappa shape index (κ1) is 15.9. The van der Waals surface area contributed by atoms with Gasteiger partial charge in [-0.15, -0.1) is 0 Å². The van der Waals surface area contributed by atoms with Gasteiger partial charge in [-0.25, -0.2) is 9.78 Å². The zero-order valence-corrected chi connectivity index (χ0v) is 13.8. The van der Waals surface area contributed by atoms with Crippen LogP contribution < -0.4 is 0 Å². The molecular formula is C16H22N2O2S. The van der Waals surface area contributed by atoms with E-state index in [2.05, 4.69) is 36.6 Å². The van der Waals surface area contributed by atoms with Crippen molar-refractivity contribution in [3.8, 4) is 0 Å². The first-order chi connectivity index (χ1) is 9.89. The highest BCUT2D eigenvalue weighted by molar-refractivity contribution is 7.99. The predicted octanol–water partition coefficient (Wildman–Crippen LogP) is 3.83. The SMILES string of the molecule is CCCc1nc2c(C(=O)O)cccc2n1CC(C)(C)SC. The molecular weight excluding hydrogens is 284 g/mol. The molecule has 0 radical (unpaired) electrons. The van der Waals surface area contributed by atoms with E-state index in [4.69, 9.17) is 0 Å². The lowest BCUT2D eigenvalue weighted by atomic mass is 10.1. The van der Waals surface area contributed by atoms with Gasteiger partial charge < -0.3 is 9.67 Å². The summed E-state index contributed by atoms with van der Waals surface area (Å²) in [7, 11) is 0. The molecule has 2 rings (SSSR count). The van der Waals surface area contributed by atoms with Crippen molar-refractivity contribution in [3.63, 3.8) is 0 Å². The number of aromatic carboxylic acids is 1. The first-order valence-corrected chi connectivity index (χ1v) is 8.38. The van der Waals surface area contributed by atoms with Crippen molar-refractivity contribution >= 4 is 28.8 Å². The molecule has 0 fully saturated rings. The molecule has 0 atom stereocenters. The number of carbonyl (C=O) groups is 1. The zero-order valence-electron chi connectivity index (χ0n) is 13.0. The van der Waals surface area contributed by atoms with Crippen LogP contribution in [0.5, 0.6) is 0 Å². The third-order valence-electron chi connectivity index (χ3n) is 3.65. The third kappa shape index (κ3) is 3.23. The maximum atomic E-state index is 11.4. The second-order valence-electron chi connectivity index (χ2n) is 5.81. The van der Waals surface area contributed by atoms with Crippen molar-refractivity contribution in [2.24, 2.45) is 0 Å². The molecule has 2 aromatic rings. The third-order valence-corrected chi connectivity index (χ3v) is 4.89. The maximum absolute atomic E-state index is 11.4. The van der Waals surface area contributed by atoms with E-state index in [9.17, 15) is 9.90 Å². The van der Waals surface area contributed by atoms with Gasteiger partial charge in [0, 0.05) is 17.7 Å². The summed E-state index contributed by atoms with van der Waals surface area (Å²) < 4.78 is 2.26. The zero-order chi connectivity index (χ0) is 15.6. The molecule has 1 N–H and O–H groups in total. The quantitative estimate of drug-likeness (QED) is 0.881. The van der Waals surface area contributed by atoms with Gasteiger partial charge in [-0.3, -0.25) is 0 Å². The first-order valence-electron chi connectivity index (χ1n) is 7.16. The number of benzene rings is 1. The largest absolute Gasteiger partial charge is 0.478 e. The predicted molar refractivity (Wildman–Crippen MR) is 88.3 cm³/mol. The smallest absolute Gasteiger partial charge is 0.337 e. The minimum Gasteiger partial charge on any atom is -0.478 e. The van der Waals surface area contributed by atoms with Gasteiger partial charge in [-0.1, -0.05) is 13.0 Å². The summed E-state index contributed by atoms with van der Waals surface area (Å²) in [5, 5.41) is 9.34. The molecule has 0 aliphatic rings. The number of carboxylic acids is 1. The fraction of sp³-hybridized carbons (Fsp3) is 0.500. The minimum absolute atomic E-state index is 0.0787. The molecule has 1 heterocycles. The van der Waals surface area contributed by atoms with Crippen LogP contribution in [0.4, 0.5) is 0 Å². The van der Waals surface area contributed by atoms with Crippen molar-refractivity contribution in [1.29, 1.82) is 0 Å². The molecule has 1 aromatic heterocycles. The van der Waals surface area contributed by atoms with Gasteiger partial charge in [0.2, 0.25) is 0 Å². The van der Waals surface area contributed by atoms with E-state index in [1.54, 1.807) is 23.9 Å². The summed E-state index contributed by atoms with van der Waals surface area (Å²) in [6, 6.07) is 5.38. The molecule has 0 unspecified atom stereocenters. The van der Waals surface area contributed by atoms with E-state index < -0.39 is 5.97 Å². The summed E-state index contributed by atoms with van der Waals surface area (Å²) in [5.41, 5.74) is 1.80. The lowest BCUT2D eigenvalue weighted by molar-refractivity contribution is 0.0699. The number of aryl methyl sites for hydroxylation is 1. The number of aromatic nitrogens is 2. The van der Waals surface area contributed by atoms with Gasteiger partial charge in [0.15, 0.2) is 0 Å². The number of hydrogen-bond acceptors (Lipinski definition) is 3. The van der Waals surface area contributed by atoms with Gasteiger partial charge in [-0.2, -0.15) is 11.8 Å². The molecule has 0 saturated heterocycles. The van der Waals surface area contributed by atoms with Crippen molar-refractivity contribution < 1.29 is 9.90 Å². The Morgan fingerprint density at radius 1 is 1.43 bits per heavy atom. The lowest BCUT2D eigenvalue weighted by Crippen LogP contribution is -2.23. The average Bonchev–Trinajstić information content (AvgIpc) is 2.76. The minimum atomic E-state index is -0.919. The monoisotopic (exact) mass is 306 g/mol. The van der Waals surface area contributed by atoms with E-state index in [1.807, 2.05) is 6.07 Å². The van der Waals surface area contributed by atoms with Gasteiger partial charge in [0.05, 0.1) is 11.1 Å². The molecule has 21 heavy (non-hydrogen) atoms. The molecule has 0 amide bonds. The van der Waals surface area contributed by atoms with Crippen molar-refractivity contribution in [2.75, 3.05) is 6.26 Å². The number of thioether (sulfide) groups is 1. The summed E-state index contributed by atoms with van der Waals surface area (Å²) >= 11 is 1.81. The van der Waals surface area contributed by atoms with Gasteiger partial charge in [0.25, 0.3) is 0 Å². The molecule has 4 nitrogen and oxygen atoms in total. The standard InChI is InChI=1S/C16H22N2O2S/c1-5-7-13-17-14-11(15(19)20)8-6-9-12(14)18(13)10-16(2,3)21-4/h6,8-9H,5,7,10H2,1-4H3,(H,19,20). The molecule has 5 heteroatoms. The van der Waals surface area contributed by atoms with Crippen molar-refractivity contribution in [2.45, 2.75) is 44.9 Å². The van der Waals surface area contributed by atoms with Crippen LogP contribution in [0.15, 0.2) is 18.2 Å². The molecule has 0 aliphatic carbocycles. The molecule has 1 aromatic carbocycles. The number of fused-ring (bicyclic) bond motifs is 1. The van der Waals surface area contributed by atoms with Crippen LogP contribution in [0.3, 0.4) is 0 Å². The van der Waals surface area contributed by atoms with Gasteiger partial charge in [-0.05, 0) is 38.7 Å². The number of rotatable bonds is 6. The Labute approximate surface area is 129 Å². The molecule has 0 saturated carbocycles. The number of para-hydroxylation sites is 1. The number of hydrogen-bond donors (Lipinski definition) is 1. The summed E-state index contributed by atoms with van der Waals surface area (Å²) in [6.07, 6.45) is 3.95. The second-order valence-corrected chi connectivity index (χ2v) is 7.32. The van der Waals surface area contributed by atoms with Crippen LogP contribution in [0.2, 0.25) is 0 Å². The van der Waals surface area contributed by atoms with Crippen LogP contribution in [0.1, 0.15) is 43.4 Å². The highest BCUT2D eigenvalue weighted by Gasteiger charge is 2.22. The molecule has 0 spiro atoms. The van der Waals surface area contributed by atoms with Crippen molar-refractivity contribution in [1.82, 2.24) is 9.55 Å². The summed E-state index contributed by atoms with van der Waals surface area (Å²) in [5.74, 6) is 0.0563. The van der Waals surface area contributed by atoms with E-state index in [-0.39, 0.29) is 10.3 Å². The average molecular weight is 306 g/mol. The van der Waals surface area contributed by atoms with Crippen LogP contribution in [-0.2, 0) is 13.0 Å². The molecule has 114 valence electrons. The fourth-order valence-corrected chi connectivity index (χ4v) is 2.66. The van der Waals surface area contributed by atoms with E-state index in [0.717, 1.165) is 30.7 Å². The number of carboxylic acid groups (broad SMARTS) is 1. The summed E-state index contributed by atoms with van der Waals surface area (Å²) in [4.78, 5) is 16.0. The van der Waals surface area contributed by atoms with Gasteiger partial charge in [0.1, 0.15) is 11.3 Å².